The number of alkyl halides is 1. The van der Waals surface area contributed by atoms with Crippen LogP contribution in [0, 0.1) is 13.8 Å². The Labute approximate surface area is 326 Å². The lowest BCUT2D eigenvalue weighted by molar-refractivity contribution is -0.143. The maximum atomic E-state index is 14.2. The van der Waals surface area contributed by atoms with Gasteiger partial charge < -0.3 is 34.2 Å². The molecule has 0 radical (unpaired) electrons. The first kappa shape index (κ1) is 39.1. The van der Waals surface area contributed by atoms with Gasteiger partial charge in [0, 0.05) is 83.1 Å². The van der Waals surface area contributed by atoms with Crippen LogP contribution in [-0.2, 0) is 31.9 Å². The quantitative estimate of drug-likeness (QED) is 0.210. The van der Waals surface area contributed by atoms with Crippen molar-refractivity contribution in [2.45, 2.75) is 70.6 Å². The van der Waals surface area contributed by atoms with Gasteiger partial charge in [0.1, 0.15) is 10.4 Å². The van der Waals surface area contributed by atoms with Crippen LogP contribution in [0.5, 0.6) is 5.75 Å². The Kier molecular flexibility index (Phi) is 13.4. The number of urea groups is 1. The van der Waals surface area contributed by atoms with E-state index in [1.54, 1.807) is 12.0 Å². The van der Waals surface area contributed by atoms with Gasteiger partial charge in [0.05, 0.1) is 13.7 Å². The van der Waals surface area contributed by atoms with Gasteiger partial charge in [0.25, 0.3) is 5.91 Å². The van der Waals surface area contributed by atoms with E-state index in [0.717, 1.165) is 79.1 Å². The first-order valence-corrected chi connectivity index (χ1v) is 20.4. The molecule has 0 saturated carbocycles. The summed E-state index contributed by atoms with van der Waals surface area (Å²) in [5, 5.41) is 3.06. The number of benzene rings is 2. The van der Waals surface area contributed by atoms with Crippen LogP contribution in [-0.4, -0.2) is 144 Å². The van der Waals surface area contributed by atoms with Gasteiger partial charge in [-0.25, -0.2) is 9.59 Å². The molecular formula is C39H53IN6O7. The topological polar surface area (TPSA) is 124 Å². The molecule has 14 heteroatoms. The van der Waals surface area contributed by atoms with Gasteiger partial charge in [0.2, 0.25) is 0 Å². The van der Waals surface area contributed by atoms with Crippen LogP contribution < -0.4 is 10.1 Å². The summed E-state index contributed by atoms with van der Waals surface area (Å²) < 4.78 is 17.2. The Morgan fingerprint density at radius 1 is 0.868 bits per heavy atom. The summed E-state index contributed by atoms with van der Waals surface area (Å²) in [6.45, 7) is 10.3. The van der Waals surface area contributed by atoms with Crippen LogP contribution in [0.3, 0.4) is 0 Å². The lowest BCUT2D eigenvalue weighted by atomic mass is 9.98. The van der Waals surface area contributed by atoms with E-state index < -0.39 is 12.2 Å². The number of anilines is 1. The molecule has 3 fully saturated rings. The number of carbonyl (C=O) groups excluding carboxylic acids is 4. The number of ether oxygens (including phenoxy) is 3. The zero-order chi connectivity index (χ0) is 37.5. The number of para-hydroxylation sites is 1. The number of piperazine rings is 1. The van der Waals surface area contributed by atoms with Gasteiger partial charge in [-0.3, -0.25) is 19.4 Å². The predicted octanol–water partition coefficient (Wildman–Crippen LogP) is 4.46. The van der Waals surface area contributed by atoms with Gasteiger partial charge in [-0.15, -0.1) is 0 Å². The van der Waals surface area contributed by atoms with E-state index in [0.29, 0.717) is 62.8 Å². The molecule has 0 bridgehead atoms. The molecule has 53 heavy (non-hydrogen) atoms. The van der Waals surface area contributed by atoms with E-state index >= 15 is 0 Å². The second-order valence-corrected chi connectivity index (χ2v) is 15.2. The number of fused-ring (bicyclic) bond motifs is 1. The molecule has 13 nitrogen and oxygen atoms in total. The maximum absolute atomic E-state index is 14.2. The Hall–Kier alpha value is -3.63. The fraction of sp³-hybridized carbons (Fsp3) is 0.590. The smallest absolute Gasteiger partial charge is 0.410 e. The normalized spacial score (nSPS) is 19.9. The number of nitrogens with one attached hydrogen (secondary N) is 1. The van der Waals surface area contributed by atoms with Crippen molar-refractivity contribution in [3.63, 3.8) is 0 Å². The molecule has 4 amide bonds. The third-order valence-corrected chi connectivity index (χ3v) is 11.5. The van der Waals surface area contributed by atoms with Gasteiger partial charge in [-0.2, -0.15) is 0 Å². The Balaban J connectivity index is 1.06. The van der Waals surface area contributed by atoms with Gasteiger partial charge in [-0.05, 0) is 96.9 Å². The number of hydrogen-bond acceptors (Lipinski definition) is 9. The molecule has 3 saturated heterocycles. The van der Waals surface area contributed by atoms with Crippen LogP contribution in [0.2, 0.25) is 0 Å². The molecule has 0 aliphatic carbocycles. The minimum Gasteiger partial charge on any atom is -0.496 e. The SMILES string of the molecule is COc1c(C)cc(C[C@@H](OC(=O)N2CCC(N3CCc4ccccc4NC3=O)CC2)C(=O)N2CCC(N3CCN(CC(=O)OCI)CC3)CC2)cc1C. The summed E-state index contributed by atoms with van der Waals surface area (Å²) in [5.41, 5.74) is 4.82. The molecular weight excluding hydrogens is 791 g/mol. The number of esters is 1. The fourth-order valence-corrected chi connectivity index (χ4v) is 8.75. The average molecular weight is 845 g/mol. The number of methoxy groups -OCH3 is 1. The van der Waals surface area contributed by atoms with Crippen molar-refractivity contribution in [2.75, 3.05) is 82.5 Å². The minimum atomic E-state index is -0.968. The standard InChI is InChI=1S/C39H53IN6O7/c1-27-22-29(23-28(2)36(27)51-3)24-34(37(48)44-13-9-31(10-14-44)43-20-18-42(19-21-43)25-35(47)52-26-40)53-39(50)45-15-11-32(12-16-45)46-17-8-30-6-4-5-7-33(30)41-38(46)49/h4-7,22-23,31-32,34H,8-21,24-26H2,1-3H3,(H,41,49)/t34-/m1/s1. The number of rotatable bonds is 10. The maximum Gasteiger partial charge on any atom is 0.410 e. The number of hydrogen-bond donors (Lipinski definition) is 1. The fourth-order valence-electron chi connectivity index (χ4n) is 8.40. The third-order valence-electron chi connectivity index (χ3n) is 11.2. The summed E-state index contributed by atoms with van der Waals surface area (Å²) in [4.78, 5) is 63.1. The van der Waals surface area contributed by atoms with Crippen LogP contribution in [0.15, 0.2) is 36.4 Å². The molecule has 4 aliphatic rings. The van der Waals surface area contributed by atoms with E-state index in [4.69, 9.17) is 14.2 Å². The highest BCUT2D eigenvalue weighted by Crippen LogP contribution is 2.28. The highest BCUT2D eigenvalue weighted by molar-refractivity contribution is 14.1. The number of nitrogens with zero attached hydrogens (tertiary/aromatic N) is 5. The third kappa shape index (κ3) is 9.73. The molecule has 2 aromatic carbocycles. The molecule has 288 valence electrons. The Bertz CT molecular complexity index is 1600. The lowest BCUT2D eigenvalue weighted by Gasteiger charge is -2.43. The molecule has 0 spiro atoms. The van der Waals surface area contributed by atoms with E-state index in [2.05, 4.69) is 15.1 Å². The first-order valence-electron chi connectivity index (χ1n) is 18.9. The molecule has 1 N–H and O–H groups in total. The van der Waals surface area contributed by atoms with E-state index in [-0.39, 0.29) is 30.4 Å². The number of carbonyl (C=O) groups is 4. The highest BCUT2D eigenvalue weighted by Gasteiger charge is 2.37. The summed E-state index contributed by atoms with van der Waals surface area (Å²) in [6, 6.07) is 12.2. The average Bonchev–Trinajstić information content (AvgIpc) is 3.32. The van der Waals surface area contributed by atoms with Crippen molar-refractivity contribution in [1.29, 1.82) is 0 Å². The minimum absolute atomic E-state index is 0.0117. The van der Waals surface area contributed by atoms with Crippen LogP contribution in [0.25, 0.3) is 0 Å². The Morgan fingerprint density at radius 2 is 1.51 bits per heavy atom. The molecule has 2 aromatic rings. The number of halogens is 1. The van der Waals surface area contributed by atoms with Gasteiger partial charge in [-0.1, -0.05) is 30.3 Å². The molecule has 0 unspecified atom stereocenters. The monoisotopic (exact) mass is 844 g/mol. The summed E-state index contributed by atoms with van der Waals surface area (Å²) in [6.07, 6.45) is 2.53. The van der Waals surface area contributed by atoms with Crippen molar-refractivity contribution in [3.8, 4) is 5.75 Å². The molecule has 1 atom stereocenters. The Morgan fingerprint density at radius 3 is 2.17 bits per heavy atom. The molecule has 6 rings (SSSR count). The number of likely N-dealkylation sites (tertiary alicyclic amines) is 2. The molecule has 4 aliphatic heterocycles. The van der Waals surface area contributed by atoms with E-state index in [1.165, 1.54) is 0 Å². The van der Waals surface area contributed by atoms with E-state index in [1.807, 2.05) is 82.6 Å². The first-order chi connectivity index (χ1) is 25.6. The van der Waals surface area contributed by atoms with E-state index in [9.17, 15) is 19.2 Å². The lowest BCUT2D eigenvalue weighted by Crippen LogP contribution is -2.55. The van der Waals surface area contributed by atoms with Crippen LogP contribution >= 0.6 is 22.6 Å². The summed E-state index contributed by atoms with van der Waals surface area (Å²) >= 11 is 2.03. The molecule has 4 heterocycles. The second-order valence-electron chi connectivity index (χ2n) is 14.6. The molecule has 0 aromatic heterocycles. The van der Waals surface area contributed by atoms with Gasteiger partial charge >= 0.3 is 18.1 Å². The van der Waals surface area contributed by atoms with Crippen molar-refractivity contribution in [2.24, 2.45) is 0 Å². The highest BCUT2D eigenvalue weighted by atomic mass is 127. The van der Waals surface area contributed by atoms with Crippen molar-refractivity contribution in [1.82, 2.24) is 24.5 Å². The predicted molar refractivity (Wildman–Crippen MR) is 210 cm³/mol. The summed E-state index contributed by atoms with van der Waals surface area (Å²) in [5.74, 6) is 0.451. The van der Waals surface area contributed by atoms with Gasteiger partial charge in [0.15, 0.2) is 6.10 Å². The van der Waals surface area contributed by atoms with Crippen molar-refractivity contribution < 1.29 is 33.4 Å². The number of amides is 4. The van der Waals surface area contributed by atoms with Crippen LogP contribution in [0.4, 0.5) is 15.3 Å². The van der Waals surface area contributed by atoms with Crippen LogP contribution in [0.1, 0.15) is 47.9 Å². The van der Waals surface area contributed by atoms with Crippen molar-refractivity contribution >= 4 is 52.3 Å². The number of aryl methyl sites for hydroxylation is 2. The largest absolute Gasteiger partial charge is 0.496 e. The second kappa shape index (κ2) is 18.1. The summed E-state index contributed by atoms with van der Waals surface area (Å²) in [7, 11) is 1.65. The zero-order valence-electron chi connectivity index (χ0n) is 31.2. The zero-order valence-corrected chi connectivity index (χ0v) is 33.3. The van der Waals surface area contributed by atoms with Crippen molar-refractivity contribution in [3.05, 3.63) is 58.7 Å². The number of piperidine rings is 2.